The third-order valence-corrected chi connectivity index (χ3v) is 2.94. The first-order valence-corrected chi connectivity index (χ1v) is 5.82. The molecule has 0 aliphatic heterocycles. The Labute approximate surface area is 105 Å². The molecule has 0 unspecified atom stereocenters. The highest BCUT2D eigenvalue weighted by Crippen LogP contribution is 2.21. The molecule has 0 bridgehead atoms. The topological polar surface area (TPSA) is 44.8 Å². The number of H-pyrrole nitrogens is 1. The van der Waals surface area contributed by atoms with Crippen LogP contribution in [0.1, 0.15) is 0 Å². The quantitative estimate of drug-likeness (QED) is 0.746. The van der Waals surface area contributed by atoms with E-state index in [0.29, 0.717) is 0 Å². The highest BCUT2D eigenvalue weighted by Gasteiger charge is 2.03. The molecule has 2 aromatic heterocycles. The van der Waals surface area contributed by atoms with E-state index in [9.17, 15) is 0 Å². The molecule has 90 valence electrons. The van der Waals surface area contributed by atoms with Gasteiger partial charge in [0, 0.05) is 31.5 Å². The van der Waals surface area contributed by atoms with E-state index >= 15 is 0 Å². The van der Waals surface area contributed by atoms with E-state index in [1.54, 1.807) is 6.20 Å². The van der Waals surface area contributed by atoms with Crippen LogP contribution < -0.4 is 4.90 Å². The third kappa shape index (κ3) is 1.82. The van der Waals surface area contributed by atoms with Crippen LogP contribution in [-0.2, 0) is 0 Å². The Morgan fingerprint density at radius 2 is 1.83 bits per heavy atom. The summed E-state index contributed by atoms with van der Waals surface area (Å²) in [6.07, 6.45) is 3.65. The molecule has 3 rings (SSSR count). The van der Waals surface area contributed by atoms with Crippen molar-refractivity contribution in [1.82, 2.24) is 15.0 Å². The highest BCUT2D eigenvalue weighted by atomic mass is 15.1. The first-order chi connectivity index (χ1) is 8.74. The van der Waals surface area contributed by atoms with Gasteiger partial charge in [-0.2, -0.15) is 0 Å². The van der Waals surface area contributed by atoms with Gasteiger partial charge in [0.05, 0.1) is 11.9 Å². The van der Waals surface area contributed by atoms with Crippen LogP contribution in [0.15, 0.2) is 42.7 Å². The molecule has 4 nitrogen and oxygen atoms in total. The van der Waals surface area contributed by atoms with E-state index in [1.807, 2.05) is 26.4 Å². The molecule has 0 saturated carbocycles. The number of anilines is 1. The van der Waals surface area contributed by atoms with Crippen molar-refractivity contribution in [3.05, 3.63) is 42.7 Å². The average Bonchev–Trinajstić information content (AvgIpc) is 2.86. The summed E-state index contributed by atoms with van der Waals surface area (Å²) in [7, 11) is 4.06. The van der Waals surface area contributed by atoms with E-state index in [2.05, 4.69) is 44.1 Å². The zero-order valence-electron chi connectivity index (χ0n) is 10.4. The van der Waals surface area contributed by atoms with Crippen LogP contribution in [0.5, 0.6) is 0 Å². The number of aromatic nitrogens is 3. The molecule has 0 radical (unpaired) electrons. The Morgan fingerprint density at radius 3 is 2.56 bits per heavy atom. The fourth-order valence-electron chi connectivity index (χ4n) is 1.90. The molecular formula is C14H14N4. The number of hydrogen-bond acceptors (Lipinski definition) is 3. The lowest BCUT2D eigenvalue weighted by Crippen LogP contribution is -2.07. The van der Waals surface area contributed by atoms with Crippen LogP contribution in [0.25, 0.3) is 22.4 Å². The number of fused-ring (bicyclic) bond motifs is 1. The second-order valence-corrected chi connectivity index (χ2v) is 4.41. The number of benzene rings is 1. The number of aromatic amines is 1. The molecule has 4 heteroatoms. The van der Waals surface area contributed by atoms with Crippen LogP contribution in [0.2, 0.25) is 0 Å². The van der Waals surface area contributed by atoms with Crippen molar-refractivity contribution >= 4 is 16.9 Å². The first-order valence-electron chi connectivity index (χ1n) is 5.82. The van der Waals surface area contributed by atoms with Gasteiger partial charge in [0.1, 0.15) is 5.52 Å². The minimum Gasteiger partial charge on any atom is -0.378 e. The molecular weight excluding hydrogens is 224 g/mol. The summed E-state index contributed by atoms with van der Waals surface area (Å²) in [4.78, 5) is 14.0. The van der Waals surface area contributed by atoms with Crippen LogP contribution in [0, 0.1) is 0 Å². The van der Waals surface area contributed by atoms with Gasteiger partial charge in [-0.25, -0.2) is 9.97 Å². The van der Waals surface area contributed by atoms with Crippen LogP contribution in [0.3, 0.4) is 0 Å². The van der Waals surface area contributed by atoms with Gasteiger partial charge in [-0.1, -0.05) is 12.1 Å². The predicted molar refractivity (Wildman–Crippen MR) is 73.7 cm³/mol. The molecule has 1 aromatic carbocycles. The SMILES string of the molecule is CN(C)c1ccc(-c2cnc3[nH]ccc3n2)cc1. The van der Waals surface area contributed by atoms with Crippen molar-refractivity contribution in [1.29, 1.82) is 0 Å². The Kier molecular flexibility index (Phi) is 2.48. The Bertz CT molecular complexity index is 668. The van der Waals surface area contributed by atoms with Crippen molar-refractivity contribution in [3.8, 4) is 11.3 Å². The van der Waals surface area contributed by atoms with Crippen LogP contribution in [-0.4, -0.2) is 29.0 Å². The summed E-state index contributed by atoms with van der Waals surface area (Å²) >= 11 is 0. The minimum absolute atomic E-state index is 0.823. The molecule has 2 heterocycles. The fourth-order valence-corrected chi connectivity index (χ4v) is 1.90. The van der Waals surface area contributed by atoms with Gasteiger partial charge in [-0.05, 0) is 18.2 Å². The van der Waals surface area contributed by atoms with Gasteiger partial charge in [-0.3, -0.25) is 0 Å². The summed E-state index contributed by atoms with van der Waals surface area (Å²) in [5, 5.41) is 0. The molecule has 0 fully saturated rings. The molecule has 0 saturated heterocycles. The van der Waals surface area contributed by atoms with Crippen molar-refractivity contribution in [3.63, 3.8) is 0 Å². The van der Waals surface area contributed by atoms with Gasteiger partial charge in [0.15, 0.2) is 5.65 Å². The maximum Gasteiger partial charge on any atom is 0.156 e. The van der Waals surface area contributed by atoms with Crippen molar-refractivity contribution < 1.29 is 0 Å². The molecule has 3 aromatic rings. The number of nitrogens with one attached hydrogen (secondary N) is 1. The van der Waals surface area contributed by atoms with Gasteiger partial charge >= 0.3 is 0 Å². The Balaban J connectivity index is 2.02. The first kappa shape index (κ1) is 10.8. The molecule has 0 atom stereocenters. The number of nitrogens with zero attached hydrogens (tertiary/aromatic N) is 3. The summed E-state index contributed by atoms with van der Waals surface area (Å²) in [6.45, 7) is 0. The molecule has 1 N–H and O–H groups in total. The molecule has 0 aliphatic carbocycles. The summed E-state index contributed by atoms with van der Waals surface area (Å²) in [5.74, 6) is 0. The van der Waals surface area contributed by atoms with Crippen LogP contribution >= 0.6 is 0 Å². The summed E-state index contributed by atoms with van der Waals surface area (Å²) < 4.78 is 0. The fraction of sp³-hybridized carbons (Fsp3) is 0.143. The lowest BCUT2D eigenvalue weighted by atomic mass is 10.1. The normalized spacial score (nSPS) is 10.8. The molecule has 0 aliphatic rings. The zero-order chi connectivity index (χ0) is 12.5. The van der Waals surface area contributed by atoms with E-state index < -0.39 is 0 Å². The summed E-state index contributed by atoms with van der Waals surface area (Å²) in [5.41, 5.74) is 4.87. The maximum atomic E-state index is 4.57. The maximum absolute atomic E-state index is 4.57. The van der Waals surface area contributed by atoms with E-state index in [1.165, 1.54) is 5.69 Å². The lowest BCUT2D eigenvalue weighted by molar-refractivity contribution is 1.13. The second-order valence-electron chi connectivity index (χ2n) is 4.41. The van der Waals surface area contributed by atoms with Gasteiger partial charge in [0.2, 0.25) is 0 Å². The monoisotopic (exact) mass is 238 g/mol. The largest absolute Gasteiger partial charge is 0.378 e. The number of rotatable bonds is 2. The third-order valence-electron chi connectivity index (χ3n) is 2.94. The van der Waals surface area contributed by atoms with E-state index in [-0.39, 0.29) is 0 Å². The standard InChI is InChI=1S/C14H14N4/c1-18(2)11-5-3-10(4-6-11)13-9-16-14-12(17-13)7-8-15-14/h3-9H,1-2H3,(H,15,16). The molecule has 0 spiro atoms. The van der Waals surface area contributed by atoms with Crippen molar-refractivity contribution in [2.24, 2.45) is 0 Å². The second kappa shape index (κ2) is 4.14. The van der Waals surface area contributed by atoms with Gasteiger partial charge in [-0.15, -0.1) is 0 Å². The lowest BCUT2D eigenvalue weighted by Gasteiger charge is -2.12. The van der Waals surface area contributed by atoms with E-state index in [0.717, 1.165) is 22.4 Å². The predicted octanol–water partition coefficient (Wildman–Crippen LogP) is 2.69. The van der Waals surface area contributed by atoms with Gasteiger partial charge < -0.3 is 9.88 Å². The van der Waals surface area contributed by atoms with Crippen molar-refractivity contribution in [2.75, 3.05) is 19.0 Å². The summed E-state index contributed by atoms with van der Waals surface area (Å²) in [6, 6.07) is 10.2. The highest BCUT2D eigenvalue weighted by molar-refractivity contribution is 5.74. The van der Waals surface area contributed by atoms with Gasteiger partial charge in [0.25, 0.3) is 0 Å². The minimum atomic E-state index is 0.823. The Hall–Kier alpha value is -2.36. The van der Waals surface area contributed by atoms with Crippen molar-refractivity contribution in [2.45, 2.75) is 0 Å². The average molecular weight is 238 g/mol. The Morgan fingerprint density at radius 1 is 1.06 bits per heavy atom. The zero-order valence-corrected chi connectivity index (χ0v) is 10.4. The number of hydrogen-bond donors (Lipinski definition) is 1. The van der Waals surface area contributed by atoms with Crippen LogP contribution in [0.4, 0.5) is 5.69 Å². The smallest absolute Gasteiger partial charge is 0.156 e. The van der Waals surface area contributed by atoms with E-state index in [4.69, 9.17) is 0 Å². The molecule has 18 heavy (non-hydrogen) atoms. The molecule has 0 amide bonds.